The molecular weight excluding hydrogens is 270 g/mol. The van der Waals surface area contributed by atoms with Crippen molar-refractivity contribution in [1.29, 1.82) is 5.26 Å². The molecule has 0 aliphatic heterocycles. The van der Waals surface area contributed by atoms with Gasteiger partial charge in [0.1, 0.15) is 11.8 Å². The highest BCUT2D eigenvalue weighted by molar-refractivity contribution is 5.78. The van der Waals surface area contributed by atoms with Gasteiger partial charge in [0, 0.05) is 11.1 Å². The molecule has 3 aromatic carbocycles. The SMILES string of the molecule is N#Cc1ccccc1OC1c2ccccc2-c2ccccc21. The van der Waals surface area contributed by atoms with Crippen molar-refractivity contribution < 1.29 is 4.74 Å². The summed E-state index contributed by atoms with van der Waals surface area (Å²) in [5.74, 6) is 0.626. The first kappa shape index (κ1) is 12.7. The molecule has 0 N–H and O–H groups in total. The summed E-state index contributed by atoms with van der Waals surface area (Å²) in [6, 6.07) is 26.1. The fourth-order valence-corrected chi connectivity index (χ4v) is 3.03. The van der Waals surface area contributed by atoms with Crippen LogP contribution in [0, 0.1) is 11.3 Å². The topological polar surface area (TPSA) is 33.0 Å². The quantitative estimate of drug-likeness (QED) is 0.682. The fourth-order valence-electron chi connectivity index (χ4n) is 3.03. The van der Waals surface area contributed by atoms with Crippen molar-refractivity contribution in [2.24, 2.45) is 0 Å². The molecule has 4 rings (SSSR count). The summed E-state index contributed by atoms with van der Waals surface area (Å²) in [5.41, 5.74) is 5.27. The number of hydrogen-bond acceptors (Lipinski definition) is 2. The highest BCUT2D eigenvalue weighted by atomic mass is 16.5. The summed E-state index contributed by atoms with van der Waals surface area (Å²) in [5, 5.41) is 9.25. The van der Waals surface area contributed by atoms with Crippen molar-refractivity contribution in [3.8, 4) is 22.9 Å². The molecule has 0 radical (unpaired) electrons. The molecule has 0 heterocycles. The molecule has 0 saturated carbocycles. The van der Waals surface area contributed by atoms with Crippen molar-refractivity contribution in [2.45, 2.75) is 6.10 Å². The van der Waals surface area contributed by atoms with Crippen LogP contribution in [-0.4, -0.2) is 0 Å². The van der Waals surface area contributed by atoms with Gasteiger partial charge in [0.15, 0.2) is 6.10 Å². The number of nitrogens with zero attached hydrogens (tertiary/aromatic N) is 1. The number of benzene rings is 3. The van der Waals surface area contributed by atoms with Gasteiger partial charge >= 0.3 is 0 Å². The lowest BCUT2D eigenvalue weighted by Crippen LogP contribution is -2.06. The van der Waals surface area contributed by atoms with Crippen LogP contribution in [0.25, 0.3) is 11.1 Å². The van der Waals surface area contributed by atoms with Crippen LogP contribution in [0.2, 0.25) is 0 Å². The number of ether oxygens (including phenoxy) is 1. The molecule has 2 nitrogen and oxygen atoms in total. The highest BCUT2D eigenvalue weighted by Crippen LogP contribution is 2.45. The molecule has 0 amide bonds. The molecule has 0 saturated heterocycles. The van der Waals surface area contributed by atoms with Crippen molar-refractivity contribution in [2.75, 3.05) is 0 Å². The monoisotopic (exact) mass is 283 g/mol. The molecule has 3 aromatic rings. The van der Waals surface area contributed by atoms with E-state index in [4.69, 9.17) is 4.74 Å². The van der Waals surface area contributed by atoms with Gasteiger partial charge < -0.3 is 4.74 Å². The molecule has 0 aromatic heterocycles. The number of fused-ring (bicyclic) bond motifs is 3. The Morgan fingerprint density at radius 2 is 1.27 bits per heavy atom. The molecule has 2 heteroatoms. The van der Waals surface area contributed by atoms with Crippen LogP contribution in [0.3, 0.4) is 0 Å². The third kappa shape index (κ3) is 1.88. The van der Waals surface area contributed by atoms with E-state index < -0.39 is 0 Å². The average molecular weight is 283 g/mol. The normalized spacial score (nSPS) is 12.3. The lowest BCUT2D eigenvalue weighted by molar-refractivity contribution is 0.251. The van der Waals surface area contributed by atoms with E-state index in [0.29, 0.717) is 11.3 Å². The Morgan fingerprint density at radius 1 is 0.727 bits per heavy atom. The molecule has 104 valence electrons. The molecule has 0 unspecified atom stereocenters. The van der Waals surface area contributed by atoms with E-state index in [1.165, 1.54) is 11.1 Å². The molecule has 0 atom stereocenters. The summed E-state index contributed by atoms with van der Waals surface area (Å²) < 4.78 is 6.23. The van der Waals surface area contributed by atoms with Crippen molar-refractivity contribution >= 4 is 0 Å². The highest BCUT2D eigenvalue weighted by Gasteiger charge is 2.29. The zero-order valence-electron chi connectivity index (χ0n) is 11.9. The minimum Gasteiger partial charge on any atom is -0.480 e. The molecule has 0 bridgehead atoms. The average Bonchev–Trinajstić information content (AvgIpc) is 2.90. The van der Waals surface area contributed by atoms with E-state index in [1.54, 1.807) is 6.07 Å². The lowest BCUT2D eigenvalue weighted by atomic mass is 10.1. The van der Waals surface area contributed by atoms with Crippen LogP contribution in [-0.2, 0) is 0 Å². The van der Waals surface area contributed by atoms with Crippen molar-refractivity contribution in [3.63, 3.8) is 0 Å². The maximum atomic E-state index is 9.25. The summed E-state index contributed by atoms with van der Waals surface area (Å²) in [6.45, 7) is 0. The Hall–Kier alpha value is -3.05. The van der Waals surface area contributed by atoms with Crippen LogP contribution in [0.5, 0.6) is 5.75 Å². The fraction of sp³-hybridized carbons (Fsp3) is 0.0500. The zero-order valence-corrected chi connectivity index (χ0v) is 11.9. The first-order chi connectivity index (χ1) is 10.9. The maximum Gasteiger partial charge on any atom is 0.150 e. The van der Waals surface area contributed by atoms with Gasteiger partial charge in [0.05, 0.1) is 5.56 Å². The Balaban J connectivity index is 1.84. The number of nitriles is 1. The minimum absolute atomic E-state index is 0.165. The number of para-hydroxylation sites is 1. The van der Waals surface area contributed by atoms with Crippen LogP contribution in [0.4, 0.5) is 0 Å². The third-order valence-electron chi connectivity index (χ3n) is 4.03. The van der Waals surface area contributed by atoms with Gasteiger partial charge in [-0.15, -0.1) is 0 Å². The van der Waals surface area contributed by atoms with E-state index in [9.17, 15) is 5.26 Å². The van der Waals surface area contributed by atoms with Crippen LogP contribution >= 0.6 is 0 Å². The Bertz CT molecular complexity index is 846. The molecule has 1 aliphatic rings. The molecule has 1 aliphatic carbocycles. The summed E-state index contributed by atoms with van der Waals surface area (Å²) in [6.07, 6.45) is -0.165. The number of rotatable bonds is 2. The molecule has 22 heavy (non-hydrogen) atoms. The Morgan fingerprint density at radius 3 is 1.91 bits per heavy atom. The number of hydrogen-bond donors (Lipinski definition) is 0. The lowest BCUT2D eigenvalue weighted by Gasteiger charge is -2.17. The predicted molar refractivity (Wildman–Crippen MR) is 85.5 cm³/mol. The molecule has 0 spiro atoms. The van der Waals surface area contributed by atoms with E-state index in [1.807, 2.05) is 42.5 Å². The van der Waals surface area contributed by atoms with E-state index >= 15 is 0 Å². The van der Waals surface area contributed by atoms with Crippen molar-refractivity contribution in [1.82, 2.24) is 0 Å². The third-order valence-corrected chi connectivity index (χ3v) is 4.03. The second-order valence-electron chi connectivity index (χ2n) is 5.28. The molecule has 0 fully saturated rings. The van der Waals surface area contributed by atoms with Gasteiger partial charge in [-0.2, -0.15) is 5.26 Å². The summed E-state index contributed by atoms with van der Waals surface area (Å²) in [4.78, 5) is 0. The van der Waals surface area contributed by atoms with Gasteiger partial charge in [0.25, 0.3) is 0 Å². The van der Waals surface area contributed by atoms with Gasteiger partial charge in [-0.1, -0.05) is 60.7 Å². The first-order valence-corrected chi connectivity index (χ1v) is 7.22. The van der Waals surface area contributed by atoms with E-state index in [-0.39, 0.29) is 6.10 Å². The van der Waals surface area contributed by atoms with Crippen molar-refractivity contribution in [3.05, 3.63) is 89.5 Å². The van der Waals surface area contributed by atoms with Gasteiger partial charge in [0.2, 0.25) is 0 Å². The second kappa shape index (κ2) is 5.05. The standard InChI is InChI=1S/C20H13NO/c21-13-14-7-1-6-12-19(14)22-20-17-10-4-2-8-15(17)16-9-3-5-11-18(16)20/h1-12,20H. The van der Waals surface area contributed by atoms with Gasteiger partial charge in [-0.3, -0.25) is 0 Å². The van der Waals surface area contributed by atoms with E-state index in [0.717, 1.165) is 11.1 Å². The Labute approximate surface area is 129 Å². The van der Waals surface area contributed by atoms with Gasteiger partial charge in [-0.25, -0.2) is 0 Å². The van der Waals surface area contributed by atoms with Crippen LogP contribution in [0.1, 0.15) is 22.8 Å². The van der Waals surface area contributed by atoms with Crippen LogP contribution < -0.4 is 4.74 Å². The smallest absolute Gasteiger partial charge is 0.150 e. The zero-order chi connectivity index (χ0) is 14.9. The Kier molecular flexibility index (Phi) is 2.91. The molecular formula is C20H13NO. The summed E-state index contributed by atoms with van der Waals surface area (Å²) in [7, 11) is 0. The summed E-state index contributed by atoms with van der Waals surface area (Å²) >= 11 is 0. The van der Waals surface area contributed by atoms with E-state index in [2.05, 4.69) is 30.3 Å². The minimum atomic E-state index is -0.165. The second-order valence-corrected chi connectivity index (χ2v) is 5.28. The maximum absolute atomic E-state index is 9.25. The van der Waals surface area contributed by atoms with Crippen LogP contribution in [0.15, 0.2) is 72.8 Å². The van der Waals surface area contributed by atoms with Gasteiger partial charge in [-0.05, 0) is 23.3 Å². The first-order valence-electron chi connectivity index (χ1n) is 7.22. The largest absolute Gasteiger partial charge is 0.480 e. The predicted octanol–water partition coefficient (Wildman–Crippen LogP) is 4.71.